The Morgan fingerprint density at radius 3 is 2.67 bits per heavy atom. The summed E-state index contributed by atoms with van der Waals surface area (Å²) in [5.41, 5.74) is 2.09. The van der Waals surface area contributed by atoms with Crippen LogP contribution in [0, 0.1) is 0 Å². The Labute approximate surface area is 165 Å². The van der Waals surface area contributed by atoms with Crippen LogP contribution in [0.25, 0.3) is 11.3 Å². The zero-order valence-corrected chi connectivity index (χ0v) is 16.8. The molecule has 1 aromatic carbocycles. The Balaban J connectivity index is 1.55. The van der Waals surface area contributed by atoms with Crippen LogP contribution in [0.2, 0.25) is 0 Å². The smallest absolute Gasteiger partial charge is 0.276 e. The summed E-state index contributed by atoms with van der Waals surface area (Å²) in [6.45, 7) is 4.80. The Kier molecular flexibility index (Phi) is 4.86. The summed E-state index contributed by atoms with van der Waals surface area (Å²) in [5, 5.41) is 8.12. The molecule has 3 aromatic rings. The van der Waals surface area contributed by atoms with Crippen LogP contribution >= 0.6 is 15.9 Å². The van der Waals surface area contributed by atoms with Gasteiger partial charge in [0.15, 0.2) is 17.2 Å². The molecule has 3 heterocycles. The van der Waals surface area contributed by atoms with E-state index >= 15 is 0 Å². The lowest BCUT2D eigenvalue weighted by molar-refractivity contribution is 0.0704. The van der Waals surface area contributed by atoms with E-state index in [1.165, 1.54) is 0 Å². The molecule has 1 saturated heterocycles. The molecule has 0 unspecified atom stereocenters. The third-order valence-corrected chi connectivity index (χ3v) is 5.37. The molecule has 0 aliphatic carbocycles. The molecule has 1 aliphatic heterocycles. The molecule has 6 nitrogen and oxygen atoms in total. The Morgan fingerprint density at radius 2 is 1.96 bits per heavy atom. The first-order valence-corrected chi connectivity index (χ1v) is 9.82. The van der Waals surface area contributed by atoms with Crippen molar-refractivity contribution in [2.75, 3.05) is 6.54 Å². The molecule has 27 heavy (non-hydrogen) atoms. The van der Waals surface area contributed by atoms with E-state index in [2.05, 4.69) is 40.1 Å². The first-order valence-electron chi connectivity index (χ1n) is 9.03. The molecule has 140 valence electrons. The highest BCUT2D eigenvalue weighted by molar-refractivity contribution is 9.10. The van der Waals surface area contributed by atoms with Gasteiger partial charge in [0.25, 0.3) is 5.91 Å². The zero-order valence-electron chi connectivity index (χ0n) is 15.2. The van der Waals surface area contributed by atoms with E-state index in [1.807, 2.05) is 30.3 Å². The maximum Gasteiger partial charge on any atom is 0.276 e. The topological polar surface area (TPSA) is 72.4 Å². The van der Waals surface area contributed by atoms with Crippen molar-refractivity contribution >= 4 is 21.8 Å². The van der Waals surface area contributed by atoms with Gasteiger partial charge < -0.3 is 13.9 Å². The fourth-order valence-electron chi connectivity index (χ4n) is 3.31. The first-order chi connectivity index (χ1) is 13.0. The van der Waals surface area contributed by atoms with Crippen LogP contribution in [-0.2, 0) is 0 Å². The first kappa shape index (κ1) is 18.0. The van der Waals surface area contributed by atoms with Gasteiger partial charge in [0.2, 0.25) is 0 Å². The molecule has 4 rings (SSSR count). The van der Waals surface area contributed by atoms with Gasteiger partial charge in [-0.15, -0.1) is 0 Å². The third kappa shape index (κ3) is 3.56. The molecular formula is C20H20BrN3O3. The maximum absolute atomic E-state index is 13.0. The van der Waals surface area contributed by atoms with Crippen LogP contribution < -0.4 is 0 Å². The van der Waals surface area contributed by atoms with Crippen molar-refractivity contribution in [1.29, 1.82) is 0 Å². The number of carbonyl (C=O) groups excluding carboxylic acids is 1. The number of rotatable bonds is 4. The lowest BCUT2D eigenvalue weighted by Crippen LogP contribution is -2.30. The standard InChI is InChI=1S/C20H20BrN3O3/c1-12(2)15-10-19(27-22-15)17-4-3-9-24(17)20(25)16-11-18(26-23-16)13-5-7-14(21)8-6-13/h5-8,10-12,17H,3-4,9H2,1-2H3/t17-/m0/s1. The van der Waals surface area contributed by atoms with E-state index in [9.17, 15) is 4.79 Å². The van der Waals surface area contributed by atoms with Gasteiger partial charge in [0.1, 0.15) is 0 Å². The van der Waals surface area contributed by atoms with Crippen molar-refractivity contribution in [3.05, 3.63) is 58.0 Å². The molecule has 0 spiro atoms. The van der Waals surface area contributed by atoms with Crippen LogP contribution in [0.15, 0.2) is 49.9 Å². The molecule has 0 N–H and O–H groups in total. The summed E-state index contributed by atoms with van der Waals surface area (Å²) in [6, 6.07) is 11.2. The minimum Gasteiger partial charge on any atom is -0.359 e. The van der Waals surface area contributed by atoms with Crippen molar-refractivity contribution in [2.45, 2.75) is 38.6 Å². The maximum atomic E-state index is 13.0. The molecule has 7 heteroatoms. The van der Waals surface area contributed by atoms with Gasteiger partial charge in [-0.2, -0.15) is 0 Å². The highest BCUT2D eigenvalue weighted by Crippen LogP contribution is 2.34. The van der Waals surface area contributed by atoms with Gasteiger partial charge in [0.05, 0.1) is 11.7 Å². The molecule has 1 aliphatic rings. The van der Waals surface area contributed by atoms with Gasteiger partial charge in [-0.25, -0.2) is 0 Å². The van der Waals surface area contributed by atoms with Crippen molar-refractivity contribution in [3.63, 3.8) is 0 Å². The summed E-state index contributed by atoms with van der Waals surface area (Å²) in [5.74, 6) is 1.45. The third-order valence-electron chi connectivity index (χ3n) is 4.84. The van der Waals surface area contributed by atoms with Crippen molar-refractivity contribution < 1.29 is 13.8 Å². The normalized spacial score (nSPS) is 17.0. The summed E-state index contributed by atoms with van der Waals surface area (Å²) in [4.78, 5) is 14.8. The number of hydrogen-bond acceptors (Lipinski definition) is 5. The van der Waals surface area contributed by atoms with Crippen molar-refractivity contribution in [3.8, 4) is 11.3 Å². The minimum atomic E-state index is -0.146. The summed E-state index contributed by atoms with van der Waals surface area (Å²) in [6.07, 6.45) is 1.78. The van der Waals surface area contributed by atoms with Gasteiger partial charge in [-0.05, 0) is 30.9 Å². The van der Waals surface area contributed by atoms with E-state index in [4.69, 9.17) is 9.05 Å². The lowest BCUT2D eigenvalue weighted by atomic mass is 10.1. The molecule has 1 fully saturated rings. The lowest BCUT2D eigenvalue weighted by Gasteiger charge is -2.21. The number of hydrogen-bond donors (Lipinski definition) is 0. The predicted octanol–water partition coefficient (Wildman–Crippen LogP) is 5.19. The number of amides is 1. The average molecular weight is 430 g/mol. The SMILES string of the molecule is CC(C)c1cc([C@@H]2CCCN2C(=O)c2cc(-c3ccc(Br)cc3)on2)on1. The fraction of sp³-hybridized carbons (Fsp3) is 0.350. The van der Waals surface area contributed by atoms with E-state index in [0.29, 0.717) is 18.0 Å². The summed E-state index contributed by atoms with van der Waals surface area (Å²) in [7, 11) is 0. The molecule has 0 radical (unpaired) electrons. The number of likely N-dealkylation sites (tertiary alicyclic amines) is 1. The van der Waals surface area contributed by atoms with E-state index in [0.717, 1.165) is 34.3 Å². The van der Waals surface area contributed by atoms with E-state index < -0.39 is 0 Å². The molecule has 0 bridgehead atoms. The number of nitrogens with zero attached hydrogens (tertiary/aromatic N) is 3. The summed E-state index contributed by atoms with van der Waals surface area (Å²) >= 11 is 3.41. The molecule has 1 atom stereocenters. The number of aromatic nitrogens is 2. The monoisotopic (exact) mass is 429 g/mol. The quantitative estimate of drug-likeness (QED) is 0.570. The second kappa shape index (κ2) is 7.31. The Morgan fingerprint density at radius 1 is 1.19 bits per heavy atom. The van der Waals surface area contributed by atoms with Crippen molar-refractivity contribution in [2.24, 2.45) is 0 Å². The highest BCUT2D eigenvalue weighted by atomic mass is 79.9. The fourth-order valence-corrected chi connectivity index (χ4v) is 3.58. The Hall–Kier alpha value is -2.41. The van der Waals surface area contributed by atoms with Crippen LogP contribution in [0.1, 0.15) is 60.6 Å². The van der Waals surface area contributed by atoms with E-state index in [1.54, 1.807) is 11.0 Å². The van der Waals surface area contributed by atoms with Crippen LogP contribution in [0.5, 0.6) is 0 Å². The van der Waals surface area contributed by atoms with Gasteiger partial charge >= 0.3 is 0 Å². The summed E-state index contributed by atoms with van der Waals surface area (Å²) < 4.78 is 11.9. The van der Waals surface area contributed by atoms with Crippen LogP contribution in [0.3, 0.4) is 0 Å². The predicted molar refractivity (Wildman–Crippen MR) is 103 cm³/mol. The Bertz CT molecular complexity index is 946. The second-order valence-electron chi connectivity index (χ2n) is 7.05. The molecular weight excluding hydrogens is 410 g/mol. The number of carbonyl (C=O) groups is 1. The number of benzene rings is 1. The number of halogens is 1. The van der Waals surface area contributed by atoms with Gasteiger partial charge in [-0.3, -0.25) is 4.79 Å². The van der Waals surface area contributed by atoms with E-state index in [-0.39, 0.29) is 17.9 Å². The highest BCUT2D eigenvalue weighted by Gasteiger charge is 2.34. The minimum absolute atomic E-state index is 0.106. The zero-order chi connectivity index (χ0) is 19.0. The van der Waals surface area contributed by atoms with Gasteiger partial charge in [0, 0.05) is 28.7 Å². The van der Waals surface area contributed by atoms with Crippen molar-refractivity contribution in [1.82, 2.24) is 15.2 Å². The average Bonchev–Trinajstić information content (AvgIpc) is 3.40. The van der Waals surface area contributed by atoms with Crippen LogP contribution in [0.4, 0.5) is 0 Å². The second-order valence-corrected chi connectivity index (χ2v) is 7.96. The largest absolute Gasteiger partial charge is 0.359 e. The van der Waals surface area contributed by atoms with Gasteiger partial charge in [-0.1, -0.05) is 52.2 Å². The molecule has 0 saturated carbocycles. The van der Waals surface area contributed by atoms with Crippen LogP contribution in [-0.4, -0.2) is 27.7 Å². The molecule has 2 aromatic heterocycles. The molecule has 1 amide bonds.